The van der Waals surface area contributed by atoms with Gasteiger partial charge in [0.2, 0.25) is 0 Å². The molecular formula is C17H15N3O. The molecule has 0 fully saturated rings. The Morgan fingerprint density at radius 1 is 0.952 bits per heavy atom. The fraction of sp³-hybridized carbons (Fsp3) is 0.0588. The monoisotopic (exact) mass is 277 g/mol. The summed E-state index contributed by atoms with van der Waals surface area (Å²) >= 11 is 0. The summed E-state index contributed by atoms with van der Waals surface area (Å²) in [6.45, 7) is 0.254. The van der Waals surface area contributed by atoms with Gasteiger partial charge in [-0.2, -0.15) is 0 Å². The van der Waals surface area contributed by atoms with E-state index >= 15 is 0 Å². The first kappa shape index (κ1) is 13.1. The topological polar surface area (TPSA) is 38.1 Å². The van der Waals surface area contributed by atoms with Gasteiger partial charge in [0, 0.05) is 23.8 Å². The lowest BCUT2D eigenvalue weighted by Crippen LogP contribution is -2.28. The molecule has 4 nitrogen and oxygen atoms in total. The number of nitrogens with zero attached hydrogens (tertiary/aromatic N) is 3. The van der Waals surface area contributed by atoms with Gasteiger partial charge in [-0.15, -0.1) is 0 Å². The van der Waals surface area contributed by atoms with E-state index in [0.29, 0.717) is 0 Å². The summed E-state index contributed by atoms with van der Waals surface area (Å²) in [7, 11) is 0. The van der Waals surface area contributed by atoms with Crippen molar-refractivity contribution >= 4 is 17.3 Å². The Balaban J connectivity index is 1.92. The standard InChI is InChI=1S/C17H15N3O/c21-17(19-12-11-18-14-19)13-20(15-7-3-1-4-8-15)16-9-5-2-6-10-16/h1-12,14H,13H2. The van der Waals surface area contributed by atoms with Crippen molar-refractivity contribution in [3.05, 3.63) is 79.4 Å². The highest BCUT2D eigenvalue weighted by molar-refractivity contribution is 5.86. The number of anilines is 2. The number of benzene rings is 2. The van der Waals surface area contributed by atoms with E-state index in [-0.39, 0.29) is 12.5 Å². The highest BCUT2D eigenvalue weighted by Crippen LogP contribution is 2.24. The van der Waals surface area contributed by atoms with E-state index in [4.69, 9.17) is 0 Å². The van der Waals surface area contributed by atoms with Crippen LogP contribution in [0.1, 0.15) is 4.79 Å². The molecule has 0 aliphatic rings. The number of aromatic nitrogens is 2. The Bertz CT molecular complexity index is 654. The second-order valence-electron chi connectivity index (χ2n) is 4.62. The van der Waals surface area contributed by atoms with Gasteiger partial charge in [-0.1, -0.05) is 36.4 Å². The minimum atomic E-state index is -0.0276. The first-order chi connectivity index (χ1) is 10.3. The number of carbonyl (C=O) groups excluding carboxylic acids is 1. The van der Waals surface area contributed by atoms with Crippen LogP contribution in [0, 0.1) is 0 Å². The number of rotatable bonds is 4. The molecule has 0 aliphatic heterocycles. The van der Waals surface area contributed by atoms with Gasteiger partial charge in [0.15, 0.2) is 0 Å². The van der Waals surface area contributed by atoms with E-state index in [2.05, 4.69) is 4.98 Å². The Morgan fingerprint density at radius 2 is 1.52 bits per heavy atom. The van der Waals surface area contributed by atoms with E-state index in [0.717, 1.165) is 11.4 Å². The maximum Gasteiger partial charge on any atom is 0.251 e. The zero-order chi connectivity index (χ0) is 14.5. The third kappa shape index (κ3) is 3.00. The van der Waals surface area contributed by atoms with Crippen LogP contribution in [0.25, 0.3) is 0 Å². The molecule has 0 spiro atoms. The Kier molecular flexibility index (Phi) is 3.78. The molecule has 4 heteroatoms. The smallest absolute Gasteiger partial charge is 0.251 e. The van der Waals surface area contributed by atoms with E-state index in [1.807, 2.05) is 65.6 Å². The lowest BCUT2D eigenvalue weighted by Gasteiger charge is -2.24. The molecule has 0 radical (unpaired) electrons. The van der Waals surface area contributed by atoms with Gasteiger partial charge in [-0.05, 0) is 24.3 Å². The van der Waals surface area contributed by atoms with Gasteiger partial charge in [-0.3, -0.25) is 9.36 Å². The quantitative estimate of drug-likeness (QED) is 0.734. The average Bonchev–Trinajstić information content (AvgIpc) is 3.09. The highest BCUT2D eigenvalue weighted by atomic mass is 16.2. The van der Waals surface area contributed by atoms with Gasteiger partial charge >= 0.3 is 0 Å². The molecule has 0 bridgehead atoms. The zero-order valence-electron chi connectivity index (χ0n) is 11.5. The van der Waals surface area contributed by atoms with Crippen molar-refractivity contribution < 1.29 is 4.79 Å². The van der Waals surface area contributed by atoms with Crippen molar-refractivity contribution in [3.8, 4) is 0 Å². The van der Waals surface area contributed by atoms with E-state index in [1.54, 1.807) is 12.4 Å². The summed E-state index contributed by atoms with van der Waals surface area (Å²) in [4.78, 5) is 18.3. The third-order valence-corrected chi connectivity index (χ3v) is 3.22. The van der Waals surface area contributed by atoms with Gasteiger partial charge in [0.05, 0.1) is 0 Å². The first-order valence-electron chi connectivity index (χ1n) is 6.73. The number of carbonyl (C=O) groups is 1. The number of hydrogen-bond donors (Lipinski definition) is 0. The molecular weight excluding hydrogens is 262 g/mol. The van der Waals surface area contributed by atoms with Crippen molar-refractivity contribution in [1.29, 1.82) is 0 Å². The predicted octanol–water partition coefficient (Wildman–Crippen LogP) is 3.36. The largest absolute Gasteiger partial charge is 0.332 e. The van der Waals surface area contributed by atoms with Gasteiger partial charge < -0.3 is 4.90 Å². The highest BCUT2D eigenvalue weighted by Gasteiger charge is 2.14. The van der Waals surface area contributed by atoms with Crippen LogP contribution in [0.15, 0.2) is 79.4 Å². The third-order valence-electron chi connectivity index (χ3n) is 3.22. The number of para-hydroxylation sites is 2. The molecule has 2 aromatic carbocycles. The van der Waals surface area contributed by atoms with E-state index < -0.39 is 0 Å². The van der Waals surface area contributed by atoms with Crippen LogP contribution in [0.2, 0.25) is 0 Å². The number of imidazole rings is 1. The van der Waals surface area contributed by atoms with Crippen LogP contribution in [0.3, 0.4) is 0 Å². The summed E-state index contributed by atoms with van der Waals surface area (Å²) < 4.78 is 1.50. The maximum absolute atomic E-state index is 12.3. The molecule has 3 aromatic rings. The van der Waals surface area contributed by atoms with Crippen molar-refractivity contribution in [3.63, 3.8) is 0 Å². The lowest BCUT2D eigenvalue weighted by atomic mass is 10.2. The van der Waals surface area contributed by atoms with Gasteiger partial charge in [0.1, 0.15) is 12.9 Å². The van der Waals surface area contributed by atoms with Crippen LogP contribution < -0.4 is 4.90 Å². The van der Waals surface area contributed by atoms with Gasteiger partial charge in [0.25, 0.3) is 5.91 Å². The van der Waals surface area contributed by atoms with Crippen LogP contribution in [0.4, 0.5) is 11.4 Å². The minimum Gasteiger partial charge on any atom is -0.332 e. The second-order valence-corrected chi connectivity index (χ2v) is 4.62. The molecule has 0 aliphatic carbocycles. The molecule has 0 amide bonds. The van der Waals surface area contributed by atoms with Crippen LogP contribution in [-0.4, -0.2) is 22.0 Å². The Morgan fingerprint density at radius 3 is 2.00 bits per heavy atom. The fourth-order valence-electron chi connectivity index (χ4n) is 2.17. The number of hydrogen-bond acceptors (Lipinski definition) is 3. The Hall–Kier alpha value is -2.88. The van der Waals surface area contributed by atoms with Crippen molar-refractivity contribution in [1.82, 2.24) is 9.55 Å². The second kappa shape index (κ2) is 6.05. The summed E-state index contributed by atoms with van der Waals surface area (Å²) in [5, 5.41) is 0. The van der Waals surface area contributed by atoms with Crippen molar-refractivity contribution in [2.45, 2.75) is 0 Å². The first-order valence-corrected chi connectivity index (χ1v) is 6.73. The molecule has 0 saturated heterocycles. The summed E-state index contributed by atoms with van der Waals surface area (Å²) in [6.07, 6.45) is 4.79. The van der Waals surface area contributed by atoms with Gasteiger partial charge in [-0.25, -0.2) is 4.98 Å². The molecule has 21 heavy (non-hydrogen) atoms. The molecule has 1 aromatic heterocycles. The zero-order valence-corrected chi connectivity index (χ0v) is 11.5. The fourth-order valence-corrected chi connectivity index (χ4v) is 2.17. The lowest BCUT2D eigenvalue weighted by molar-refractivity contribution is 0.0923. The average molecular weight is 277 g/mol. The summed E-state index contributed by atoms with van der Waals surface area (Å²) in [6, 6.07) is 19.8. The summed E-state index contributed by atoms with van der Waals surface area (Å²) in [5.41, 5.74) is 1.97. The molecule has 0 unspecified atom stereocenters. The van der Waals surface area contributed by atoms with Crippen molar-refractivity contribution in [2.75, 3.05) is 11.4 Å². The normalized spacial score (nSPS) is 10.3. The molecule has 104 valence electrons. The minimum absolute atomic E-state index is 0.0276. The van der Waals surface area contributed by atoms with Crippen LogP contribution >= 0.6 is 0 Å². The molecule has 1 heterocycles. The molecule has 3 rings (SSSR count). The predicted molar refractivity (Wildman–Crippen MR) is 82.7 cm³/mol. The molecule has 0 saturated carbocycles. The van der Waals surface area contributed by atoms with E-state index in [1.165, 1.54) is 10.9 Å². The van der Waals surface area contributed by atoms with Crippen LogP contribution in [0.5, 0.6) is 0 Å². The van der Waals surface area contributed by atoms with E-state index in [9.17, 15) is 4.79 Å². The SMILES string of the molecule is O=C(CN(c1ccccc1)c1ccccc1)n1ccnc1. The van der Waals surface area contributed by atoms with Crippen molar-refractivity contribution in [2.24, 2.45) is 0 Å². The summed E-state index contributed by atoms with van der Waals surface area (Å²) in [5.74, 6) is -0.0276. The molecule has 0 N–H and O–H groups in total. The molecule has 0 atom stereocenters. The maximum atomic E-state index is 12.3. The Labute approximate surface area is 123 Å². The van der Waals surface area contributed by atoms with Crippen LogP contribution in [-0.2, 0) is 0 Å².